The molecule has 0 fully saturated rings. The lowest BCUT2D eigenvalue weighted by molar-refractivity contribution is -0.143. The topological polar surface area (TPSA) is 68.5 Å². The number of rotatable bonds is 4. The first-order valence-electron chi connectivity index (χ1n) is 5.90. The van der Waals surface area contributed by atoms with Crippen molar-refractivity contribution in [1.82, 2.24) is 5.32 Å². The predicted octanol–water partition coefficient (Wildman–Crippen LogP) is 3.34. The van der Waals surface area contributed by atoms with Gasteiger partial charge in [0, 0.05) is 4.47 Å². The number of furan rings is 1. The number of nitrogens with one attached hydrogen (secondary N) is 1. The van der Waals surface area contributed by atoms with Crippen molar-refractivity contribution in [1.29, 1.82) is 0 Å². The molecule has 110 valence electrons. The smallest absolute Gasteiger partial charge is 0.333 e. The third kappa shape index (κ3) is 3.86. The highest BCUT2D eigenvalue weighted by Gasteiger charge is 2.25. The maximum atomic E-state index is 12.0. The summed E-state index contributed by atoms with van der Waals surface area (Å²) in [6.07, 6.45) is 0. The molecule has 5 nitrogen and oxygen atoms in total. The van der Waals surface area contributed by atoms with E-state index in [1.54, 1.807) is 24.3 Å². The molecule has 1 unspecified atom stereocenters. The summed E-state index contributed by atoms with van der Waals surface area (Å²) >= 11 is 8.93. The molecule has 1 aromatic heterocycles. The highest BCUT2D eigenvalue weighted by atomic mass is 79.9. The highest BCUT2D eigenvalue weighted by Crippen LogP contribution is 2.20. The van der Waals surface area contributed by atoms with Gasteiger partial charge < -0.3 is 14.5 Å². The van der Waals surface area contributed by atoms with Crippen molar-refractivity contribution < 1.29 is 18.7 Å². The van der Waals surface area contributed by atoms with Crippen LogP contribution in [0.2, 0.25) is 5.22 Å². The van der Waals surface area contributed by atoms with E-state index in [4.69, 9.17) is 20.8 Å². The molecule has 0 spiro atoms. The average molecular weight is 373 g/mol. The van der Waals surface area contributed by atoms with Crippen molar-refractivity contribution in [3.8, 4) is 0 Å². The minimum atomic E-state index is -0.931. The van der Waals surface area contributed by atoms with Crippen LogP contribution in [0.3, 0.4) is 0 Å². The number of amides is 1. The Bertz CT molecular complexity index is 653. The second kappa shape index (κ2) is 6.78. The Morgan fingerprint density at radius 3 is 2.43 bits per heavy atom. The second-order valence-electron chi connectivity index (χ2n) is 4.08. The van der Waals surface area contributed by atoms with Gasteiger partial charge in [0.05, 0.1) is 7.11 Å². The summed E-state index contributed by atoms with van der Waals surface area (Å²) in [4.78, 5) is 23.9. The molecular formula is C14H11BrClNO4. The number of carbonyl (C=O) groups is 2. The Hall–Kier alpha value is -1.79. The van der Waals surface area contributed by atoms with Crippen LogP contribution in [0, 0.1) is 0 Å². The van der Waals surface area contributed by atoms with Crippen LogP contribution in [0.15, 0.2) is 45.3 Å². The van der Waals surface area contributed by atoms with E-state index in [0.29, 0.717) is 5.56 Å². The molecule has 0 radical (unpaired) electrons. The van der Waals surface area contributed by atoms with Gasteiger partial charge in [-0.25, -0.2) is 4.79 Å². The Morgan fingerprint density at radius 2 is 1.90 bits per heavy atom. The maximum absolute atomic E-state index is 12.0. The van der Waals surface area contributed by atoms with Crippen molar-refractivity contribution in [2.45, 2.75) is 6.04 Å². The van der Waals surface area contributed by atoms with Gasteiger partial charge in [0.15, 0.2) is 17.0 Å². The van der Waals surface area contributed by atoms with Crippen LogP contribution < -0.4 is 5.32 Å². The molecule has 21 heavy (non-hydrogen) atoms. The fourth-order valence-electron chi connectivity index (χ4n) is 1.69. The highest BCUT2D eigenvalue weighted by molar-refractivity contribution is 9.10. The van der Waals surface area contributed by atoms with E-state index >= 15 is 0 Å². The maximum Gasteiger partial charge on any atom is 0.333 e. The molecule has 2 rings (SSSR count). The molecule has 1 heterocycles. The quantitative estimate of drug-likeness (QED) is 0.836. The molecule has 0 saturated carbocycles. The monoisotopic (exact) mass is 371 g/mol. The molecule has 0 saturated heterocycles. The molecule has 0 bridgehead atoms. The van der Waals surface area contributed by atoms with Gasteiger partial charge >= 0.3 is 5.97 Å². The number of carbonyl (C=O) groups excluding carboxylic acids is 2. The number of esters is 1. The lowest BCUT2D eigenvalue weighted by Gasteiger charge is -2.16. The SMILES string of the molecule is COC(=O)C(NC(=O)c1ccc(Cl)o1)c1ccc(Br)cc1. The van der Waals surface area contributed by atoms with Crippen molar-refractivity contribution in [2.24, 2.45) is 0 Å². The van der Waals surface area contributed by atoms with Crippen LogP contribution in [-0.2, 0) is 9.53 Å². The number of hydrogen-bond donors (Lipinski definition) is 1. The fourth-order valence-corrected chi connectivity index (χ4v) is 2.10. The summed E-state index contributed by atoms with van der Waals surface area (Å²) in [5.41, 5.74) is 0.594. The molecule has 2 aromatic rings. The summed E-state index contributed by atoms with van der Waals surface area (Å²) in [6, 6.07) is 8.89. The van der Waals surface area contributed by atoms with Gasteiger partial charge in [-0.05, 0) is 41.4 Å². The lowest BCUT2D eigenvalue weighted by Crippen LogP contribution is -2.34. The second-order valence-corrected chi connectivity index (χ2v) is 5.37. The average Bonchev–Trinajstić information content (AvgIpc) is 2.91. The Labute approximate surface area is 134 Å². The van der Waals surface area contributed by atoms with Crippen LogP contribution in [0.1, 0.15) is 22.2 Å². The minimum Gasteiger partial charge on any atom is -0.467 e. The fraction of sp³-hybridized carbons (Fsp3) is 0.143. The van der Waals surface area contributed by atoms with Crippen LogP contribution in [-0.4, -0.2) is 19.0 Å². The van der Waals surface area contributed by atoms with Crippen LogP contribution in [0.4, 0.5) is 0 Å². The predicted molar refractivity (Wildman–Crippen MR) is 80.1 cm³/mol. The number of hydrogen-bond acceptors (Lipinski definition) is 4. The summed E-state index contributed by atoms with van der Waals surface area (Å²) in [5.74, 6) is -1.12. The first-order valence-corrected chi connectivity index (χ1v) is 7.08. The van der Waals surface area contributed by atoms with E-state index in [2.05, 4.69) is 21.2 Å². The van der Waals surface area contributed by atoms with E-state index < -0.39 is 17.9 Å². The van der Waals surface area contributed by atoms with Gasteiger partial charge in [0.25, 0.3) is 5.91 Å². The van der Waals surface area contributed by atoms with E-state index in [9.17, 15) is 9.59 Å². The number of methoxy groups -OCH3 is 1. The Morgan fingerprint density at radius 1 is 1.24 bits per heavy atom. The third-order valence-electron chi connectivity index (χ3n) is 2.71. The zero-order valence-corrected chi connectivity index (χ0v) is 13.3. The largest absolute Gasteiger partial charge is 0.467 e. The standard InChI is InChI=1S/C14H11BrClNO4/c1-20-14(19)12(8-2-4-9(15)5-3-8)17-13(18)10-6-7-11(16)21-10/h2-7,12H,1H3,(H,17,18). The van der Waals surface area contributed by atoms with E-state index in [1.807, 2.05) is 0 Å². The van der Waals surface area contributed by atoms with E-state index in [0.717, 1.165) is 4.47 Å². The molecule has 1 aromatic carbocycles. The van der Waals surface area contributed by atoms with Crippen molar-refractivity contribution >= 4 is 39.4 Å². The molecule has 1 amide bonds. The zero-order chi connectivity index (χ0) is 15.4. The molecular weight excluding hydrogens is 362 g/mol. The molecule has 0 aliphatic carbocycles. The van der Waals surface area contributed by atoms with Gasteiger partial charge in [0.1, 0.15) is 0 Å². The summed E-state index contributed by atoms with van der Waals surface area (Å²) < 4.78 is 10.6. The van der Waals surface area contributed by atoms with Gasteiger partial charge in [-0.2, -0.15) is 0 Å². The first-order chi connectivity index (χ1) is 10.0. The van der Waals surface area contributed by atoms with E-state index in [-0.39, 0.29) is 11.0 Å². The normalized spacial score (nSPS) is 11.8. The lowest BCUT2D eigenvalue weighted by atomic mass is 10.1. The Balaban J connectivity index is 2.23. The summed E-state index contributed by atoms with van der Waals surface area (Å²) in [6.45, 7) is 0. The van der Waals surface area contributed by atoms with Crippen molar-refractivity contribution in [3.05, 3.63) is 57.4 Å². The van der Waals surface area contributed by atoms with Crippen molar-refractivity contribution in [2.75, 3.05) is 7.11 Å². The third-order valence-corrected chi connectivity index (χ3v) is 3.44. The number of halogens is 2. The van der Waals surface area contributed by atoms with E-state index in [1.165, 1.54) is 19.2 Å². The van der Waals surface area contributed by atoms with Gasteiger partial charge in [-0.1, -0.05) is 28.1 Å². The minimum absolute atomic E-state index is 0.0195. The first kappa shape index (κ1) is 15.6. The molecule has 7 heteroatoms. The molecule has 1 N–H and O–H groups in total. The van der Waals surface area contributed by atoms with Crippen molar-refractivity contribution in [3.63, 3.8) is 0 Å². The van der Waals surface area contributed by atoms with Gasteiger partial charge in [-0.15, -0.1) is 0 Å². The zero-order valence-electron chi connectivity index (χ0n) is 10.9. The molecule has 0 aliphatic heterocycles. The molecule has 1 atom stereocenters. The Kier molecular flexibility index (Phi) is 5.03. The molecule has 0 aliphatic rings. The van der Waals surface area contributed by atoms with Gasteiger partial charge in [-0.3, -0.25) is 4.79 Å². The summed E-state index contributed by atoms with van der Waals surface area (Å²) in [7, 11) is 1.25. The summed E-state index contributed by atoms with van der Waals surface area (Å²) in [5, 5.41) is 2.65. The van der Waals surface area contributed by atoms with Crippen LogP contribution in [0.25, 0.3) is 0 Å². The van der Waals surface area contributed by atoms with Crippen LogP contribution >= 0.6 is 27.5 Å². The van der Waals surface area contributed by atoms with Gasteiger partial charge in [0.2, 0.25) is 0 Å². The van der Waals surface area contributed by atoms with Crippen LogP contribution in [0.5, 0.6) is 0 Å². The number of ether oxygens (including phenoxy) is 1. The number of benzene rings is 1.